The van der Waals surface area contributed by atoms with Crippen LogP contribution in [0, 0.1) is 0 Å². The third-order valence-corrected chi connectivity index (χ3v) is 5.45. The SMILES string of the molecule is CCCc1c(CNC(C)C)sc2cc3c(cc12)CCC3. The van der Waals surface area contributed by atoms with Crippen LogP contribution in [0.3, 0.4) is 0 Å². The molecule has 2 aromatic rings. The maximum Gasteiger partial charge on any atom is 0.0351 e. The lowest BCUT2D eigenvalue weighted by Crippen LogP contribution is -2.21. The minimum Gasteiger partial charge on any atom is -0.310 e. The van der Waals surface area contributed by atoms with E-state index in [4.69, 9.17) is 0 Å². The molecule has 0 fully saturated rings. The largest absolute Gasteiger partial charge is 0.310 e. The van der Waals surface area contributed by atoms with Gasteiger partial charge in [0.15, 0.2) is 0 Å². The van der Waals surface area contributed by atoms with Crippen molar-refractivity contribution in [1.82, 2.24) is 5.32 Å². The molecule has 1 aliphatic carbocycles. The predicted octanol–water partition coefficient (Wildman–Crippen LogP) is 4.84. The maximum atomic E-state index is 3.59. The second-order valence-electron chi connectivity index (χ2n) is 6.26. The van der Waals surface area contributed by atoms with Crippen LogP contribution < -0.4 is 5.32 Å². The second-order valence-corrected chi connectivity index (χ2v) is 7.40. The van der Waals surface area contributed by atoms with Crippen molar-refractivity contribution in [1.29, 1.82) is 0 Å². The number of nitrogens with one attached hydrogen (secondary N) is 1. The molecule has 0 saturated heterocycles. The quantitative estimate of drug-likeness (QED) is 0.829. The lowest BCUT2D eigenvalue weighted by Gasteiger charge is -2.08. The van der Waals surface area contributed by atoms with Gasteiger partial charge in [0.05, 0.1) is 0 Å². The van der Waals surface area contributed by atoms with Crippen LogP contribution in [-0.4, -0.2) is 6.04 Å². The van der Waals surface area contributed by atoms with Gasteiger partial charge in [0.1, 0.15) is 0 Å². The monoisotopic (exact) mass is 287 g/mol. The molecular weight excluding hydrogens is 262 g/mol. The Hall–Kier alpha value is -0.860. The summed E-state index contributed by atoms with van der Waals surface area (Å²) >= 11 is 2.01. The summed E-state index contributed by atoms with van der Waals surface area (Å²) in [6, 6.07) is 5.53. The molecule has 0 bridgehead atoms. The molecule has 1 heterocycles. The van der Waals surface area contributed by atoms with Crippen molar-refractivity contribution >= 4 is 21.4 Å². The average molecular weight is 287 g/mol. The predicted molar refractivity (Wildman–Crippen MR) is 89.8 cm³/mol. The van der Waals surface area contributed by atoms with Gasteiger partial charge >= 0.3 is 0 Å². The molecule has 1 N–H and O–H groups in total. The fourth-order valence-corrected chi connectivity index (χ4v) is 4.48. The van der Waals surface area contributed by atoms with Gasteiger partial charge < -0.3 is 5.32 Å². The van der Waals surface area contributed by atoms with Crippen molar-refractivity contribution in [2.24, 2.45) is 0 Å². The normalized spacial score (nSPS) is 14.4. The number of benzene rings is 1. The van der Waals surface area contributed by atoms with Crippen LogP contribution >= 0.6 is 11.3 Å². The Bertz CT molecular complexity index is 609. The summed E-state index contributed by atoms with van der Waals surface area (Å²) in [4.78, 5) is 1.55. The van der Waals surface area contributed by atoms with Gasteiger partial charge in [-0.15, -0.1) is 11.3 Å². The second kappa shape index (κ2) is 5.87. The number of rotatable bonds is 5. The molecule has 0 saturated carbocycles. The first-order chi connectivity index (χ1) is 9.69. The highest BCUT2D eigenvalue weighted by Gasteiger charge is 2.17. The first-order valence-electron chi connectivity index (χ1n) is 7.98. The Kier molecular flexibility index (Phi) is 4.13. The maximum absolute atomic E-state index is 3.59. The minimum absolute atomic E-state index is 0.555. The van der Waals surface area contributed by atoms with E-state index in [0.717, 1.165) is 6.54 Å². The average Bonchev–Trinajstić information content (AvgIpc) is 2.99. The van der Waals surface area contributed by atoms with Crippen molar-refractivity contribution in [3.63, 3.8) is 0 Å². The third-order valence-electron chi connectivity index (χ3n) is 4.26. The van der Waals surface area contributed by atoms with Gasteiger partial charge in [-0.3, -0.25) is 0 Å². The zero-order valence-corrected chi connectivity index (χ0v) is 13.7. The molecule has 1 aromatic carbocycles. The van der Waals surface area contributed by atoms with Gasteiger partial charge in [0.2, 0.25) is 0 Å². The van der Waals surface area contributed by atoms with E-state index in [1.54, 1.807) is 21.6 Å². The molecule has 1 aliphatic rings. The molecule has 0 atom stereocenters. The van der Waals surface area contributed by atoms with E-state index in [1.807, 2.05) is 11.3 Å². The lowest BCUT2D eigenvalue weighted by molar-refractivity contribution is 0.591. The standard InChI is InChI=1S/C18H25NS/c1-4-6-15-16-9-13-7-5-8-14(13)10-17(16)20-18(15)11-19-12(2)3/h9-10,12,19H,4-8,11H2,1-3H3. The Morgan fingerprint density at radius 1 is 1.20 bits per heavy atom. The van der Waals surface area contributed by atoms with Crippen molar-refractivity contribution in [2.75, 3.05) is 0 Å². The van der Waals surface area contributed by atoms with Gasteiger partial charge in [0.25, 0.3) is 0 Å². The summed E-state index contributed by atoms with van der Waals surface area (Å²) in [6.07, 6.45) is 6.36. The molecule has 1 aromatic heterocycles. The van der Waals surface area contributed by atoms with E-state index >= 15 is 0 Å². The van der Waals surface area contributed by atoms with Crippen molar-refractivity contribution in [3.8, 4) is 0 Å². The molecule has 3 rings (SSSR count). The van der Waals surface area contributed by atoms with E-state index in [1.165, 1.54) is 42.2 Å². The first-order valence-corrected chi connectivity index (χ1v) is 8.80. The summed E-state index contributed by atoms with van der Waals surface area (Å²) in [5.74, 6) is 0. The smallest absolute Gasteiger partial charge is 0.0351 e. The van der Waals surface area contributed by atoms with Gasteiger partial charge in [-0.2, -0.15) is 0 Å². The molecule has 0 spiro atoms. The van der Waals surface area contributed by atoms with E-state index in [2.05, 4.69) is 38.2 Å². The number of thiophene rings is 1. The van der Waals surface area contributed by atoms with E-state index in [-0.39, 0.29) is 0 Å². The zero-order chi connectivity index (χ0) is 14.1. The molecular formula is C18H25NS. The molecule has 0 radical (unpaired) electrons. The van der Waals surface area contributed by atoms with Crippen molar-refractivity contribution in [2.45, 2.75) is 65.5 Å². The summed E-state index contributed by atoms with van der Waals surface area (Å²) in [6.45, 7) is 7.76. The third kappa shape index (κ3) is 2.64. The Labute approximate surface area is 126 Å². The van der Waals surface area contributed by atoms with Gasteiger partial charge in [0, 0.05) is 22.2 Å². The van der Waals surface area contributed by atoms with Crippen LogP contribution in [0.25, 0.3) is 10.1 Å². The van der Waals surface area contributed by atoms with Crippen molar-refractivity contribution in [3.05, 3.63) is 33.7 Å². The molecule has 0 aliphatic heterocycles. The van der Waals surface area contributed by atoms with Crippen LogP contribution in [-0.2, 0) is 25.8 Å². The van der Waals surface area contributed by atoms with E-state index in [9.17, 15) is 0 Å². The molecule has 0 amide bonds. The van der Waals surface area contributed by atoms with Crippen LogP contribution in [0.15, 0.2) is 12.1 Å². The Morgan fingerprint density at radius 3 is 2.65 bits per heavy atom. The van der Waals surface area contributed by atoms with E-state index in [0.29, 0.717) is 6.04 Å². The van der Waals surface area contributed by atoms with Gasteiger partial charge in [-0.25, -0.2) is 0 Å². The number of hydrogen-bond donors (Lipinski definition) is 1. The fraction of sp³-hybridized carbons (Fsp3) is 0.556. The van der Waals surface area contributed by atoms with E-state index < -0.39 is 0 Å². The Balaban J connectivity index is 2.03. The Morgan fingerprint density at radius 2 is 1.95 bits per heavy atom. The summed E-state index contributed by atoms with van der Waals surface area (Å²) in [5.41, 5.74) is 4.82. The summed E-state index contributed by atoms with van der Waals surface area (Å²) in [7, 11) is 0. The highest BCUT2D eigenvalue weighted by Crippen LogP contribution is 2.36. The first kappa shape index (κ1) is 14.1. The highest BCUT2D eigenvalue weighted by atomic mass is 32.1. The fourth-order valence-electron chi connectivity index (χ4n) is 3.23. The highest BCUT2D eigenvalue weighted by molar-refractivity contribution is 7.19. The zero-order valence-electron chi connectivity index (χ0n) is 12.9. The molecule has 1 nitrogen and oxygen atoms in total. The topological polar surface area (TPSA) is 12.0 Å². The van der Waals surface area contributed by atoms with Crippen LogP contribution in [0.5, 0.6) is 0 Å². The van der Waals surface area contributed by atoms with Crippen LogP contribution in [0.1, 0.15) is 55.2 Å². The van der Waals surface area contributed by atoms with Gasteiger partial charge in [-0.05, 0) is 59.9 Å². The molecule has 2 heteroatoms. The van der Waals surface area contributed by atoms with Crippen molar-refractivity contribution < 1.29 is 0 Å². The lowest BCUT2D eigenvalue weighted by atomic mass is 10.0. The summed E-state index contributed by atoms with van der Waals surface area (Å²) < 4.78 is 1.51. The van der Waals surface area contributed by atoms with Gasteiger partial charge in [-0.1, -0.05) is 27.2 Å². The number of fused-ring (bicyclic) bond motifs is 2. The molecule has 20 heavy (non-hydrogen) atoms. The molecule has 0 unspecified atom stereocenters. The number of hydrogen-bond acceptors (Lipinski definition) is 2. The van der Waals surface area contributed by atoms with Crippen LogP contribution in [0.2, 0.25) is 0 Å². The number of aryl methyl sites for hydroxylation is 3. The molecule has 108 valence electrons. The minimum atomic E-state index is 0.555. The van der Waals surface area contributed by atoms with Crippen LogP contribution in [0.4, 0.5) is 0 Å². The summed E-state index contributed by atoms with van der Waals surface area (Å²) in [5, 5.41) is 5.13.